The van der Waals surface area contributed by atoms with Crippen LogP contribution in [0.15, 0.2) is 30.3 Å². The van der Waals surface area contributed by atoms with Crippen molar-refractivity contribution in [1.82, 2.24) is 9.97 Å². The lowest BCUT2D eigenvalue weighted by Crippen LogP contribution is -2.07. The number of nitrogens with zero attached hydrogens (tertiary/aromatic N) is 2. The second-order valence-electron chi connectivity index (χ2n) is 6.17. The first kappa shape index (κ1) is 18.0. The molecule has 0 saturated heterocycles. The summed E-state index contributed by atoms with van der Waals surface area (Å²) in [5, 5.41) is 6.62. The Morgan fingerprint density at radius 2 is 1.83 bits per heavy atom. The van der Waals surface area contributed by atoms with Crippen LogP contribution in [0.3, 0.4) is 0 Å². The molecule has 1 aromatic heterocycles. The number of unbranched alkanes of at least 4 members (excludes halogenated alkanes) is 2. The monoisotopic (exact) mass is 328 g/mol. The van der Waals surface area contributed by atoms with E-state index in [0.29, 0.717) is 5.95 Å². The van der Waals surface area contributed by atoms with E-state index in [1.54, 1.807) is 0 Å². The van der Waals surface area contributed by atoms with Crippen LogP contribution in [0.4, 0.5) is 17.5 Å². The predicted molar refractivity (Wildman–Crippen MR) is 100 cm³/mol. The number of rotatable bonds is 9. The minimum absolute atomic E-state index is 0.172. The molecule has 0 radical (unpaired) electrons. The van der Waals surface area contributed by atoms with Gasteiger partial charge in [-0.25, -0.2) is 4.98 Å². The summed E-state index contributed by atoms with van der Waals surface area (Å²) in [6.45, 7) is 9.15. The van der Waals surface area contributed by atoms with E-state index >= 15 is 0 Å². The molecular weight excluding hydrogens is 300 g/mol. The standard InChI is InChI=1S/C19H28N4O/c1-5-6-7-12-20-18-13-15(4)21-19(23-18)22-16-8-10-17(11-9-16)24-14(2)3/h8-11,13-14H,5-7,12H2,1-4H3,(H2,20,21,22,23). The highest BCUT2D eigenvalue weighted by molar-refractivity contribution is 5.56. The van der Waals surface area contributed by atoms with Crippen LogP contribution in [0.5, 0.6) is 5.75 Å². The molecule has 0 bridgehead atoms. The summed E-state index contributed by atoms with van der Waals surface area (Å²) in [5.74, 6) is 2.32. The summed E-state index contributed by atoms with van der Waals surface area (Å²) in [4.78, 5) is 8.98. The van der Waals surface area contributed by atoms with E-state index < -0.39 is 0 Å². The van der Waals surface area contributed by atoms with Gasteiger partial charge in [0.15, 0.2) is 0 Å². The van der Waals surface area contributed by atoms with Crippen LogP contribution < -0.4 is 15.4 Å². The number of aryl methyl sites for hydroxylation is 1. The molecule has 130 valence electrons. The molecular formula is C19H28N4O. The molecule has 5 nitrogen and oxygen atoms in total. The molecule has 24 heavy (non-hydrogen) atoms. The summed E-state index contributed by atoms with van der Waals surface area (Å²) in [5.41, 5.74) is 1.87. The maximum absolute atomic E-state index is 5.65. The van der Waals surface area contributed by atoms with Crippen molar-refractivity contribution in [3.05, 3.63) is 36.0 Å². The zero-order valence-corrected chi connectivity index (χ0v) is 15.1. The fourth-order valence-electron chi connectivity index (χ4n) is 2.32. The van der Waals surface area contributed by atoms with Gasteiger partial charge in [0.05, 0.1) is 6.10 Å². The smallest absolute Gasteiger partial charge is 0.229 e. The Balaban J connectivity index is 1.99. The van der Waals surface area contributed by atoms with Crippen LogP contribution in [0.25, 0.3) is 0 Å². The molecule has 1 heterocycles. The third-order valence-corrected chi connectivity index (χ3v) is 3.42. The van der Waals surface area contributed by atoms with E-state index in [2.05, 4.69) is 27.5 Å². The van der Waals surface area contributed by atoms with E-state index in [4.69, 9.17) is 4.74 Å². The molecule has 0 aliphatic carbocycles. The van der Waals surface area contributed by atoms with Crippen molar-refractivity contribution in [3.63, 3.8) is 0 Å². The first-order valence-corrected chi connectivity index (χ1v) is 8.70. The molecule has 0 atom stereocenters. The molecule has 2 N–H and O–H groups in total. The number of hydrogen-bond donors (Lipinski definition) is 2. The van der Waals surface area contributed by atoms with Gasteiger partial charge >= 0.3 is 0 Å². The van der Waals surface area contributed by atoms with Crippen molar-refractivity contribution in [1.29, 1.82) is 0 Å². The molecule has 2 aromatic rings. The first-order valence-electron chi connectivity index (χ1n) is 8.70. The van der Waals surface area contributed by atoms with Gasteiger partial charge in [0.25, 0.3) is 0 Å². The minimum atomic E-state index is 0.172. The van der Waals surface area contributed by atoms with Crippen LogP contribution in [0, 0.1) is 6.92 Å². The van der Waals surface area contributed by atoms with Gasteiger partial charge in [-0.05, 0) is 51.5 Å². The number of aromatic nitrogens is 2. The van der Waals surface area contributed by atoms with Crippen LogP contribution in [-0.4, -0.2) is 22.6 Å². The summed E-state index contributed by atoms with van der Waals surface area (Å²) in [6, 6.07) is 9.80. The second-order valence-corrected chi connectivity index (χ2v) is 6.17. The van der Waals surface area contributed by atoms with Gasteiger partial charge in [0, 0.05) is 24.0 Å². The highest BCUT2D eigenvalue weighted by Gasteiger charge is 2.04. The second kappa shape index (κ2) is 9.11. The van der Waals surface area contributed by atoms with E-state index in [1.807, 2.05) is 51.1 Å². The number of nitrogens with one attached hydrogen (secondary N) is 2. The van der Waals surface area contributed by atoms with E-state index in [0.717, 1.165) is 35.9 Å². The molecule has 2 rings (SSSR count). The summed E-state index contributed by atoms with van der Waals surface area (Å²) >= 11 is 0. The fourth-order valence-corrected chi connectivity index (χ4v) is 2.32. The number of anilines is 3. The number of benzene rings is 1. The molecule has 0 aliphatic rings. The quantitative estimate of drug-likeness (QED) is 0.640. The van der Waals surface area contributed by atoms with E-state index in [9.17, 15) is 0 Å². The third-order valence-electron chi connectivity index (χ3n) is 3.42. The average molecular weight is 328 g/mol. The van der Waals surface area contributed by atoms with Gasteiger partial charge in [-0.15, -0.1) is 0 Å². The Morgan fingerprint density at radius 3 is 2.50 bits per heavy atom. The van der Waals surface area contributed by atoms with Gasteiger partial charge < -0.3 is 15.4 Å². The lowest BCUT2D eigenvalue weighted by molar-refractivity contribution is 0.242. The SMILES string of the molecule is CCCCCNc1cc(C)nc(Nc2ccc(OC(C)C)cc2)n1. The van der Waals surface area contributed by atoms with Crippen LogP contribution in [-0.2, 0) is 0 Å². The highest BCUT2D eigenvalue weighted by Crippen LogP contribution is 2.20. The molecule has 0 amide bonds. The fraction of sp³-hybridized carbons (Fsp3) is 0.474. The Bertz CT molecular complexity index is 626. The molecule has 0 unspecified atom stereocenters. The lowest BCUT2D eigenvalue weighted by atomic mass is 10.2. The minimum Gasteiger partial charge on any atom is -0.491 e. The average Bonchev–Trinajstić information content (AvgIpc) is 2.52. The molecule has 0 spiro atoms. The molecule has 0 fully saturated rings. The Kier molecular flexibility index (Phi) is 6.85. The lowest BCUT2D eigenvalue weighted by Gasteiger charge is -2.12. The van der Waals surface area contributed by atoms with Gasteiger partial charge in [-0.2, -0.15) is 4.98 Å². The molecule has 1 aromatic carbocycles. The summed E-state index contributed by atoms with van der Waals surface area (Å²) in [6.07, 6.45) is 3.77. The summed E-state index contributed by atoms with van der Waals surface area (Å²) in [7, 11) is 0. The van der Waals surface area contributed by atoms with Gasteiger partial charge in [-0.1, -0.05) is 19.8 Å². The summed E-state index contributed by atoms with van der Waals surface area (Å²) < 4.78 is 5.65. The van der Waals surface area contributed by atoms with E-state index in [-0.39, 0.29) is 6.10 Å². The van der Waals surface area contributed by atoms with Crippen LogP contribution >= 0.6 is 0 Å². The van der Waals surface area contributed by atoms with Crippen molar-refractivity contribution in [3.8, 4) is 5.75 Å². The van der Waals surface area contributed by atoms with Gasteiger partial charge in [0.1, 0.15) is 11.6 Å². The number of ether oxygens (including phenoxy) is 1. The normalized spacial score (nSPS) is 10.7. The zero-order chi connectivity index (χ0) is 17.4. The topological polar surface area (TPSA) is 59.1 Å². The maximum atomic E-state index is 5.65. The third kappa shape index (κ3) is 6.07. The Morgan fingerprint density at radius 1 is 1.08 bits per heavy atom. The molecule has 0 aliphatic heterocycles. The van der Waals surface area contributed by atoms with Crippen molar-refractivity contribution < 1.29 is 4.74 Å². The van der Waals surface area contributed by atoms with Crippen LogP contribution in [0.2, 0.25) is 0 Å². The van der Waals surface area contributed by atoms with Gasteiger partial charge in [0.2, 0.25) is 5.95 Å². The number of hydrogen-bond acceptors (Lipinski definition) is 5. The van der Waals surface area contributed by atoms with Crippen LogP contribution in [0.1, 0.15) is 45.7 Å². The first-order chi connectivity index (χ1) is 11.6. The maximum Gasteiger partial charge on any atom is 0.229 e. The van der Waals surface area contributed by atoms with Crippen molar-refractivity contribution in [2.45, 2.75) is 53.1 Å². The highest BCUT2D eigenvalue weighted by atomic mass is 16.5. The largest absolute Gasteiger partial charge is 0.491 e. The van der Waals surface area contributed by atoms with Gasteiger partial charge in [-0.3, -0.25) is 0 Å². The predicted octanol–water partition coefficient (Wildman–Crippen LogP) is 4.92. The molecule has 0 saturated carbocycles. The van der Waals surface area contributed by atoms with Crippen molar-refractivity contribution in [2.75, 3.05) is 17.2 Å². The zero-order valence-electron chi connectivity index (χ0n) is 15.1. The Hall–Kier alpha value is -2.30. The molecule has 5 heteroatoms. The van der Waals surface area contributed by atoms with Crippen molar-refractivity contribution in [2.24, 2.45) is 0 Å². The van der Waals surface area contributed by atoms with Crippen molar-refractivity contribution >= 4 is 17.5 Å². The van der Waals surface area contributed by atoms with E-state index in [1.165, 1.54) is 12.8 Å². The Labute approximate surface area is 144 Å².